The number of nitrogens with one attached hydrogen (secondary N) is 1. The largest absolute Gasteiger partial charge is 0.446 e. The molecule has 0 saturated heterocycles. The Kier molecular flexibility index (Phi) is 4.13. The third-order valence-corrected chi connectivity index (χ3v) is 3.92. The average Bonchev–Trinajstić information content (AvgIpc) is 2.73. The quantitative estimate of drug-likeness (QED) is 0.906. The first-order valence-corrected chi connectivity index (χ1v) is 8.09. The number of rotatable bonds is 2. The second-order valence-electron chi connectivity index (χ2n) is 6.64. The first-order valence-electron chi connectivity index (χ1n) is 8.09. The van der Waals surface area contributed by atoms with Gasteiger partial charge in [-0.3, -0.25) is 14.2 Å². The van der Waals surface area contributed by atoms with Crippen molar-refractivity contribution in [3.05, 3.63) is 46.2 Å². The molecule has 1 aromatic heterocycles. The molecule has 1 aromatic rings. The Balaban J connectivity index is 2.33. The molecule has 3 rings (SSSR count). The van der Waals surface area contributed by atoms with Crippen molar-refractivity contribution >= 4 is 17.7 Å². The number of amides is 1. The lowest BCUT2D eigenvalue weighted by atomic mass is 9.99. The van der Waals surface area contributed by atoms with Gasteiger partial charge in [0.2, 0.25) is 11.8 Å². The number of fused-ring (bicyclic) bond motifs is 2. The molecule has 0 saturated carbocycles. The number of allylic oxidation sites excluding steroid dienone is 3. The molecule has 1 N–H and O–H groups in total. The predicted molar refractivity (Wildman–Crippen MR) is 92.1 cm³/mol. The topological polar surface area (TPSA) is 73.2 Å². The lowest BCUT2D eigenvalue weighted by Crippen LogP contribution is -2.47. The zero-order valence-corrected chi connectivity index (χ0v) is 14.2. The fourth-order valence-corrected chi connectivity index (χ4v) is 2.94. The molecule has 0 radical (unpaired) electrons. The summed E-state index contributed by atoms with van der Waals surface area (Å²) < 4.78 is 6.96. The van der Waals surface area contributed by atoms with E-state index in [1.165, 1.54) is 10.8 Å². The number of ether oxygens (including phenoxy) is 1. The summed E-state index contributed by atoms with van der Waals surface area (Å²) in [5, 5.41) is 2.89. The van der Waals surface area contributed by atoms with Crippen LogP contribution in [0.3, 0.4) is 0 Å². The highest BCUT2D eigenvalue weighted by Crippen LogP contribution is 2.29. The van der Waals surface area contributed by atoms with Gasteiger partial charge in [0.05, 0.1) is 12.0 Å². The molecule has 1 atom stereocenters. The molecule has 24 heavy (non-hydrogen) atoms. The van der Waals surface area contributed by atoms with Crippen LogP contribution in [-0.2, 0) is 4.79 Å². The lowest BCUT2D eigenvalue weighted by Gasteiger charge is -2.31. The lowest BCUT2D eigenvalue weighted by molar-refractivity contribution is -0.125. The monoisotopic (exact) mass is 327 g/mol. The zero-order valence-electron chi connectivity index (χ0n) is 14.2. The van der Waals surface area contributed by atoms with Gasteiger partial charge in [-0.15, -0.1) is 0 Å². The maximum absolute atomic E-state index is 13.1. The highest BCUT2D eigenvalue weighted by molar-refractivity contribution is 5.91. The normalized spacial score (nSPS) is 20.7. The Hall–Kier alpha value is -2.63. The molecule has 0 aromatic carbocycles. The molecule has 6 heteroatoms. The van der Waals surface area contributed by atoms with Crippen molar-refractivity contribution in [3.63, 3.8) is 0 Å². The molecule has 6 nitrogen and oxygen atoms in total. The Morgan fingerprint density at radius 3 is 2.67 bits per heavy atom. The maximum atomic E-state index is 13.1. The minimum atomic E-state index is -0.598. The van der Waals surface area contributed by atoms with Gasteiger partial charge in [-0.1, -0.05) is 39.8 Å². The van der Waals surface area contributed by atoms with Crippen LogP contribution < -0.4 is 15.6 Å². The fourth-order valence-electron chi connectivity index (χ4n) is 2.94. The van der Waals surface area contributed by atoms with Gasteiger partial charge in [-0.2, -0.15) is 4.98 Å². The third kappa shape index (κ3) is 2.68. The summed E-state index contributed by atoms with van der Waals surface area (Å²) in [7, 11) is 0. The molecule has 126 valence electrons. The van der Waals surface area contributed by atoms with E-state index in [1.807, 2.05) is 33.8 Å². The van der Waals surface area contributed by atoms with E-state index in [-0.39, 0.29) is 29.2 Å². The SMILES string of the molecule is CC(C)/C=C1/NC(=O)C(C(C)C)n2c1nc1c(c2=O)C=CC=CO1. The van der Waals surface area contributed by atoms with Crippen molar-refractivity contribution in [1.29, 1.82) is 0 Å². The van der Waals surface area contributed by atoms with Crippen LogP contribution in [-0.4, -0.2) is 15.5 Å². The van der Waals surface area contributed by atoms with Gasteiger partial charge in [0.25, 0.3) is 5.56 Å². The summed E-state index contributed by atoms with van der Waals surface area (Å²) in [6.07, 6.45) is 8.46. The molecular weight excluding hydrogens is 306 g/mol. The molecule has 0 fully saturated rings. The van der Waals surface area contributed by atoms with Gasteiger partial charge >= 0.3 is 0 Å². The van der Waals surface area contributed by atoms with Crippen LogP contribution in [0.25, 0.3) is 11.8 Å². The van der Waals surface area contributed by atoms with Gasteiger partial charge in [-0.25, -0.2) is 0 Å². The second-order valence-corrected chi connectivity index (χ2v) is 6.64. The first kappa shape index (κ1) is 16.2. The van der Waals surface area contributed by atoms with Crippen LogP contribution in [0.15, 0.2) is 29.3 Å². The van der Waals surface area contributed by atoms with Gasteiger partial charge in [0.15, 0.2) is 5.82 Å². The minimum absolute atomic E-state index is 0.0456. The van der Waals surface area contributed by atoms with Crippen LogP contribution in [0.5, 0.6) is 5.88 Å². The number of hydrogen-bond acceptors (Lipinski definition) is 4. The Morgan fingerprint density at radius 1 is 1.25 bits per heavy atom. The number of carbonyl (C=O) groups is 1. The van der Waals surface area contributed by atoms with Gasteiger partial charge in [0, 0.05) is 0 Å². The van der Waals surface area contributed by atoms with E-state index in [1.54, 1.807) is 18.2 Å². The van der Waals surface area contributed by atoms with Crippen molar-refractivity contribution < 1.29 is 9.53 Å². The van der Waals surface area contributed by atoms with E-state index in [0.717, 1.165) is 0 Å². The van der Waals surface area contributed by atoms with Crippen molar-refractivity contribution in [2.45, 2.75) is 33.7 Å². The van der Waals surface area contributed by atoms with Crippen molar-refractivity contribution in [2.75, 3.05) is 0 Å². The average molecular weight is 327 g/mol. The van der Waals surface area contributed by atoms with Crippen molar-refractivity contribution in [3.8, 4) is 5.88 Å². The Morgan fingerprint density at radius 2 is 2.00 bits per heavy atom. The van der Waals surface area contributed by atoms with Gasteiger partial charge in [0.1, 0.15) is 11.6 Å². The number of hydrogen-bond donors (Lipinski definition) is 1. The highest BCUT2D eigenvalue weighted by atomic mass is 16.5. The summed E-state index contributed by atoms with van der Waals surface area (Å²) >= 11 is 0. The third-order valence-electron chi connectivity index (χ3n) is 3.92. The van der Waals surface area contributed by atoms with Gasteiger partial charge in [-0.05, 0) is 24.0 Å². The van der Waals surface area contributed by atoms with E-state index in [2.05, 4.69) is 10.3 Å². The van der Waals surface area contributed by atoms with Crippen LogP contribution in [0.1, 0.15) is 45.1 Å². The first-order chi connectivity index (χ1) is 11.4. The molecule has 0 aliphatic carbocycles. The summed E-state index contributed by atoms with van der Waals surface area (Å²) in [6, 6.07) is -0.598. The Labute approximate surface area is 140 Å². The zero-order chi connectivity index (χ0) is 17.4. The number of aromatic nitrogens is 2. The Bertz CT molecular complexity index is 829. The van der Waals surface area contributed by atoms with E-state index >= 15 is 0 Å². The minimum Gasteiger partial charge on any atom is -0.446 e. The number of carbonyl (C=O) groups excluding carboxylic acids is 1. The van der Waals surface area contributed by atoms with Crippen molar-refractivity contribution in [2.24, 2.45) is 11.8 Å². The summed E-state index contributed by atoms with van der Waals surface area (Å²) in [4.78, 5) is 30.2. The summed E-state index contributed by atoms with van der Waals surface area (Å²) in [5.74, 6) is 0.653. The molecule has 0 spiro atoms. The molecular formula is C18H21N3O3. The summed E-state index contributed by atoms with van der Waals surface area (Å²) in [5.41, 5.74) is 0.638. The predicted octanol–water partition coefficient (Wildman–Crippen LogP) is 2.49. The molecule has 2 aliphatic heterocycles. The molecule has 0 bridgehead atoms. The summed E-state index contributed by atoms with van der Waals surface area (Å²) in [6.45, 7) is 7.83. The highest BCUT2D eigenvalue weighted by Gasteiger charge is 2.35. The standard InChI is InChI=1S/C18H21N3O3/c1-10(2)9-13-15-20-17-12(7-5-6-8-24-17)18(23)21(15)14(11(3)4)16(22)19-13/h5-11,14H,1-4H3,(H,19,22)/b13-9+. The van der Waals surface area contributed by atoms with Gasteiger partial charge < -0.3 is 10.1 Å². The fraction of sp³-hybridized carbons (Fsp3) is 0.389. The van der Waals surface area contributed by atoms with Crippen LogP contribution >= 0.6 is 0 Å². The van der Waals surface area contributed by atoms with Crippen molar-refractivity contribution in [1.82, 2.24) is 14.9 Å². The molecule has 1 amide bonds. The molecule has 1 unspecified atom stereocenters. The van der Waals surface area contributed by atoms with E-state index in [4.69, 9.17) is 4.74 Å². The molecule has 2 aliphatic rings. The van der Waals surface area contributed by atoms with Crippen LogP contribution in [0.4, 0.5) is 0 Å². The van der Waals surface area contributed by atoms with Crippen LogP contribution in [0.2, 0.25) is 0 Å². The maximum Gasteiger partial charge on any atom is 0.265 e. The van der Waals surface area contributed by atoms with E-state index in [9.17, 15) is 9.59 Å². The second kappa shape index (κ2) is 6.11. The molecule has 3 heterocycles. The van der Waals surface area contributed by atoms with Crippen LogP contribution in [0, 0.1) is 11.8 Å². The number of nitrogens with zero attached hydrogens (tertiary/aromatic N) is 2. The van der Waals surface area contributed by atoms with E-state index < -0.39 is 6.04 Å². The van der Waals surface area contributed by atoms with E-state index in [0.29, 0.717) is 17.1 Å². The smallest absolute Gasteiger partial charge is 0.265 e.